The van der Waals surface area contributed by atoms with Crippen molar-refractivity contribution in [3.63, 3.8) is 0 Å². The molecule has 2 aromatic carbocycles. The van der Waals surface area contributed by atoms with E-state index in [1.807, 2.05) is 42.5 Å². The Balaban J connectivity index is 1.99. The lowest BCUT2D eigenvalue weighted by Crippen LogP contribution is -2.17. The first-order valence-electron chi connectivity index (χ1n) is 6.49. The Bertz CT molecular complexity index is 634. The van der Waals surface area contributed by atoms with Gasteiger partial charge in [-0.05, 0) is 23.8 Å². The van der Waals surface area contributed by atoms with E-state index in [9.17, 15) is 4.79 Å². The molecule has 0 saturated heterocycles. The van der Waals surface area contributed by atoms with Crippen LogP contribution in [-0.2, 0) is 4.74 Å². The van der Waals surface area contributed by atoms with Crippen molar-refractivity contribution in [3.05, 3.63) is 77.5 Å². The zero-order valence-corrected chi connectivity index (χ0v) is 11.7. The van der Waals surface area contributed by atoms with Crippen LogP contribution >= 0.6 is 0 Å². The lowest BCUT2D eigenvalue weighted by molar-refractivity contribution is 0.0955. The summed E-state index contributed by atoms with van der Waals surface area (Å²) in [5.74, 6) is 0.288. The molecule has 0 radical (unpaired) electrons. The number of allylic oxidation sites excluding steroid dienone is 1. The van der Waals surface area contributed by atoms with Gasteiger partial charge in [0.1, 0.15) is 5.76 Å². The zero-order chi connectivity index (χ0) is 14.9. The highest BCUT2D eigenvalue weighted by Crippen LogP contribution is 2.05. The SMILES string of the molecule is COC(=C\c1ccccc1)/C=N/NC(=O)c1ccccc1. The van der Waals surface area contributed by atoms with Gasteiger partial charge in [-0.3, -0.25) is 4.79 Å². The quantitative estimate of drug-likeness (QED) is 0.520. The highest BCUT2D eigenvalue weighted by atomic mass is 16.5. The third kappa shape index (κ3) is 4.62. The van der Waals surface area contributed by atoms with E-state index in [0.717, 1.165) is 5.56 Å². The number of hydrogen-bond donors (Lipinski definition) is 1. The lowest BCUT2D eigenvalue weighted by atomic mass is 10.2. The summed E-state index contributed by atoms with van der Waals surface area (Å²) in [6, 6.07) is 18.6. The minimum absolute atomic E-state index is 0.262. The molecule has 0 fully saturated rings. The van der Waals surface area contributed by atoms with Crippen molar-refractivity contribution in [2.45, 2.75) is 0 Å². The molecule has 0 aliphatic carbocycles. The first-order valence-corrected chi connectivity index (χ1v) is 6.49. The van der Waals surface area contributed by atoms with Crippen LogP contribution in [0.15, 0.2) is 71.5 Å². The maximum Gasteiger partial charge on any atom is 0.271 e. The Morgan fingerprint density at radius 1 is 1.05 bits per heavy atom. The summed E-state index contributed by atoms with van der Waals surface area (Å²) in [4.78, 5) is 11.8. The van der Waals surface area contributed by atoms with E-state index in [4.69, 9.17) is 4.74 Å². The van der Waals surface area contributed by atoms with Gasteiger partial charge < -0.3 is 4.74 Å². The number of nitrogens with zero attached hydrogens (tertiary/aromatic N) is 1. The minimum Gasteiger partial charge on any atom is -0.495 e. The van der Waals surface area contributed by atoms with E-state index in [1.165, 1.54) is 6.21 Å². The van der Waals surface area contributed by atoms with Crippen LogP contribution < -0.4 is 5.43 Å². The van der Waals surface area contributed by atoms with Gasteiger partial charge in [0.25, 0.3) is 5.91 Å². The van der Waals surface area contributed by atoms with Crippen LogP contribution in [0.1, 0.15) is 15.9 Å². The molecule has 0 aliphatic rings. The summed E-state index contributed by atoms with van der Waals surface area (Å²) in [5.41, 5.74) is 4.01. The van der Waals surface area contributed by atoms with Gasteiger partial charge >= 0.3 is 0 Å². The van der Waals surface area contributed by atoms with Crippen LogP contribution in [0.25, 0.3) is 6.08 Å². The fraction of sp³-hybridized carbons (Fsp3) is 0.0588. The molecule has 0 spiro atoms. The number of amides is 1. The molecule has 0 saturated carbocycles. The summed E-state index contributed by atoms with van der Waals surface area (Å²) in [6.45, 7) is 0. The Kier molecular flexibility index (Phi) is 5.29. The van der Waals surface area contributed by atoms with E-state index >= 15 is 0 Å². The number of benzene rings is 2. The maximum absolute atomic E-state index is 11.8. The van der Waals surface area contributed by atoms with Gasteiger partial charge in [0.05, 0.1) is 13.3 Å². The minimum atomic E-state index is -0.262. The average molecular weight is 280 g/mol. The van der Waals surface area contributed by atoms with Crippen molar-refractivity contribution in [1.82, 2.24) is 5.43 Å². The molecule has 0 unspecified atom stereocenters. The van der Waals surface area contributed by atoms with Gasteiger partial charge in [0, 0.05) is 5.56 Å². The molecule has 4 nitrogen and oxygen atoms in total. The van der Waals surface area contributed by atoms with Gasteiger partial charge in [0.15, 0.2) is 0 Å². The second-order valence-electron chi connectivity index (χ2n) is 4.23. The van der Waals surface area contributed by atoms with Crippen molar-refractivity contribution in [2.24, 2.45) is 5.10 Å². The van der Waals surface area contributed by atoms with Crippen molar-refractivity contribution < 1.29 is 9.53 Å². The Morgan fingerprint density at radius 3 is 2.29 bits per heavy atom. The average Bonchev–Trinajstić information content (AvgIpc) is 2.55. The van der Waals surface area contributed by atoms with Crippen LogP contribution in [0.2, 0.25) is 0 Å². The van der Waals surface area contributed by atoms with Gasteiger partial charge in [0.2, 0.25) is 0 Å². The molecule has 0 bridgehead atoms. The van der Waals surface area contributed by atoms with E-state index < -0.39 is 0 Å². The normalized spacial score (nSPS) is 11.4. The van der Waals surface area contributed by atoms with Crippen LogP contribution in [0.5, 0.6) is 0 Å². The number of hydrogen-bond acceptors (Lipinski definition) is 3. The molecule has 21 heavy (non-hydrogen) atoms. The molecular formula is C17H16N2O2. The molecule has 0 aliphatic heterocycles. The number of rotatable bonds is 5. The molecule has 2 aromatic rings. The molecule has 4 heteroatoms. The fourth-order valence-corrected chi connectivity index (χ4v) is 1.67. The molecular weight excluding hydrogens is 264 g/mol. The van der Waals surface area contributed by atoms with Crippen molar-refractivity contribution in [2.75, 3.05) is 7.11 Å². The largest absolute Gasteiger partial charge is 0.495 e. The first-order chi connectivity index (χ1) is 10.3. The molecule has 106 valence electrons. The highest BCUT2D eigenvalue weighted by molar-refractivity contribution is 5.94. The predicted octanol–water partition coefficient (Wildman–Crippen LogP) is 3.09. The van der Waals surface area contributed by atoms with Gasteiger partial charge in [-0.25, -0.2) is 5.43 Å². The van der Waals surface area contributed by atoms with E-state index in [0.29, 0.717) is 11.3 Å². The molecule has 0 heterocycles. The standard InChI is InChI=1S/C17H16N2O2/c1-21-16(12-14-8-4-2-5-9-14)13-18-19-17(20)15-10-6-3-7-11-15/h2-13H,1H3,(H,19,20)/b16-12-,18-13+. The summed E-state index contributed by atoms with van der Waals surface area (Å²) in [5, 5.41) is 3.90. The number of methoxy groups -OCH3 is 1. The lowest BCUT2D eigenvalue weighted by Gasteiger charge is -2.01. The van der Waals surface area contributed by atoms with Crippen molar-refractivity contribution in [3.8, 4) is 0 Å². The topological polar surface area (TPSA) is 50.7 Å². The first kappa shape index (κ1) is 14.5. The Morgan fingerprint density at radius 2 is 1.67 bits per heavy atom. The molecule has 1 amide bonds. The van der Waals surface area contributed by atoms with Gasteiger partial charge in [-0.2, -0.15) is 5.10 Å². The van der Waals surface area contributed by atoms with Crippen molar-refractivity contribution >= 4 is 18.2 Å². The predicted molar refractivity (Wildman–Crippen MR) is 83.8 cm³/mol. The third-order valence-corrected chi connectivity index (χ3v) is 2.74. The van der Waals surface area contributed by atoms with E-state index in [-0.39, 0.29) is 5.91 Å². The van der Waals surface area contributed by atoms with Crippen LogP contribution in [0.4, 0.5) is 0 Å². The molecule has 1 N–H and O–H groups in total. The fourth-order valence-electron chi connectivity index (χ4n) is 1.67. The van der Waals surface area contributed by atoms with Gasteiger partial charge in [-0.1, -0.05) is 48.5 Å². The maximum atomic E-state index is 11.8. The van der Waals surface area contributed by atoms with E-state index in [1.54, 1.807) is 31.4 Å². The second-order valence-corrected chi connectivity index (χ2v) is 4.23. The molecule has 0 aromatic heterocycles. The molecule has 2 rings (SSSR count). The number of carbonyl (C=O) groups excluding carboxylic acids is 1. The number of ether oxygens (including phenoxy) is 1. The van der Waals surface area contributed by atoms with Crippen LogP contribution in [-0.4, -0.2) is 19.2 Å². The van der Waals surface area contributed by atoms with E-state index in [2.05, 4.69) is 10.5 Å². The Labute approximate surface area is 123 Å². The number of carbonyl (C=O) groups is 1. The summed E-state index contributed by atoms with van der Waals surface area (Å²) in [7, 11) is 1.56. The summed E-state index contributed by atoms with van der Waals surface area (Å²) < 4.78 is 5.20. The summed E-state index contributed by atoms with van der Waals surface area (Å²) >= 11 is 0. The smallest absolute Gasteiger partial charge is 0.271 e. The molecule has 0 atom stereocenters. The second kappa shape index (κ2) is 7.65. The summed E-state index contributed by atoms with van der Waals surface area (Å²) in [6.07, 6.45) is 3.30. The van der Waals surface area contributed by atoms with Crippen LogP contribution in [0.3, 0.4) is 0 Å². The highest BCUT2D eigenvalue weighted by Gasteiger charge is 2.01. The Hall–Kier alpha value is -2.88. The van der Waals surface area contributed by atoms with Gasteiger partial charge in [-0.15, -0.1) is 0 Å². The number of nitrogens with one attached hydrogen (secondary N) is 1. The number of hydrazone groups is 1. The van der Waals surface area contributed by atoms with Crippen LogP contribution in [0, 0.1) is 0 Å². The third-order valence-electron chi connectivity index (χ3n) is 2.74. The zero-order valence-electron chi connectivity index (χ0n) is 11.7. The monoisotopic (exact) mass is 280 g/mol. The van der Waals surface area contributed by atoms with Crippen molar-refractivity contribution in [1.29, 1.82) is 0 Å².